The van der Waals surface area contributed by atoms with E-state index in [1.807, 2.05) is 51.1 Å². The van der Waals surface area contributed by atoms with Crippen LogP contribution in [-0.4, -0.2) is 11.1 Å². The van der Waals surface area contributed by atoms with Crippen molar-refractivity contribution in [1.29, 1.82) is 0 Å². The van der Waals surface area contributed by atoms with Gasteiger partial charge < -0.3 is 15.2 Å². The molecule has 5 heteroatoms. The molecule has 0 aliphatic heterocycles. The van der Waals surface area contributed by atoms with Crippen LogP contribution in [0.15, 0.2) is 78.0 Å². The Balaban J connectivity index is 0.00000166. The van der Waals surface area contributed by atoms with Crippen molar-refractivity contribution in [3.05, 3.63) is 101 Å². The summed E-state index contributed by atoms with van der Waals surface area (Å²) in [5, 5.41) is 7.89. The number of nitrogens with one attached hydrogen (secondary N) is 2. The molecule has 2 N–H and O–H groups in total. The number of allylic oxidation sites excluding steroid dienone is 2. The fraction of sp³-hybridized carbons (Fsp3) is 0.269. The van der Waals surface area contributed by atoms with Gasteiger partial charge in [0.2, 0.25) is 0 Å². The lowest BCUT2D eigenvalue weighted by molar-refractivity contribution is 0.616. The van der Waals surface area contributed by atoms with Gasteiger partial charge in [-0.1, -0.05) is 45.2 Å². The molecule has 0 spiro atoms. The Hall–Kier alpha value is -3.34. The van der Waals surface area contributed by atoms with Crippen molar-refractivity contribution in [2.24, 2.45) is 0 Å². The molecule has 0 bridgehead atoms. The van der Waals surface area contributed by atoms with Gasteiger partial charge in [0, 0.05) is 53.6 Å². The van der Waals surface area contributed by atoms with Gasteiger partial charge in [0.25, 0.3) is 5.56 Å². The second kappa shape index (κ2) is 11.2. The van der Waals surface area contributed by atoms with Gasteiger partial charge in [0.1, 0.15) is 5.82 Å². The molecule has 0 aliphatic carbocycles. The highest BCUT2D eigenvalue weighted by atomic mass is 19.1. The monoisotopic (exact) mass is 421 g/mol. The van der Waals surface area contributed by atoms with Crippen molar-refractivity contribution < 1.29 is 4.39 Å². The average molecular weight is 422 g/mol. The van der Waals surface area contributed by atoms with Gasteiger partial charge in [-0.2, -0.15) is 0 Å². The molecular weight excluding hydrogens is 389 g/mol. The number of hydrogen-bond acceptors (Lipinski definition) is 3. The highest BCUT2D eigenvalue weighted by Gasteiger charge is 2.08. The Morgan fingerprint density at radius 1 is 1.10 bits per heavy atom. The molecule has 2 aromatic carbocycles. The fourth-order valence-corrected chi connectivity index (χ4v) is 3.22. The molecule has 0 amide bonds. The lowest BCUT2D eigenvalue weighted by Crippen LogP contribution is -2.25. The molecule has 1 heterocycles. The molecule has 0 atom stereocenters. The van der Waals surface area contributed by atoms with Gasteiger partial charge in [0.05, 0.1) is 0 Å². The molecular formula is C26H32FN3O. The summed E-state index contributed by atoms with van der Waals surface area (Å²) in [6, 6.07) is 12.7. The number of benzene rings is 2. The van der Waals surface area contributed by atoms with Crippen LogP contribution in [0.2, 0.25) is 0 Å². The van der Waals surface area contributed by atoms with Gasteiger partial charge in [-0.25, -0.2) is 4.39 Å². The molecule has 0 saturated carbocycles. The summed E-state index contributed by atoms with van der Waals surface area (Å²) in [5.74, 6) is -0.220. The Kier molecular flexibility index (Phi) is 8.62. The minimum atomic E-state index is -0.220. The highest BCUT2D eigenvalue weighted by Crippen LogP contribution is 2.23. The zero-order chi connectivity index (χ0) is 23.0. The van der Waals surface area contributed by atoms with E-state index in [0.717, 1.165) is 28.0 Å². The standard InChI is InChI=1S/C24H26FN3O.C2H6/c1-16(2)26-11-13-28-12-10-20-21(24(28)29)6-5-7-23(20)27-18(4)14-19-9-8-17(3)22(25)15-19;1-2/h5-10,12,15,26-27H,1,4,11,13-14H2,2-3H3;1-2H3. The number of nitrogens with zero attached hydrogens (tertiary/aromatic N) is 1. The van der Waals surface area contributed by atoms with E-state index in [9.17, 15) is 9.18 Å². The SMILES string of the molecule is C=C(C)NCCn1ccc2c(NC(=C)Cc3ccc(C)c(F)c3)cccc2c1=O.CC. The van der Waals surface area contributed by atoms with Crippen LogP contribution in [0.4, 0.5) is 10.1 Å². The molecule has 164 valence electrons. The van der Waals surface area contributed by atoms with Crippen LogP contribution < -0.4 is 16.2 Å². The van der Waals surface area contributed by atoms with Gasteiger partial charge >= 0.3 is 0 Å². The third-order valence-corrected chi connectivity index (χ3v) is 4.76. The normalized spacial score (nSPS) is 10.2. The summed E-state index contributed by atoms with van der Waals surface area (Å²) in [4.78, 5) is 12.8. The number of aromatic nitrogens is 1. The number of anilines is 1. The zero-order valence-electron chi connectivity index (χ0n) is 18.9. The van der Waals surface area contributed by atoms with Crippen molar-refractivity contribution in [2.45, 2.75) is 40.7 Å². The maximum Gasteiger partial charge on any atom is 0.258 e. The first-order valence-corrected chi connectivity index (χ1v) is 10.6. The predicted molar refractivity (Wildman–Crippen MR) is 130 cm³/mol. The Labute approximate surface area is 184 Å². The highest BCUT2D eigenvalue weighted by molar-refractivity contribution is 5.93. The first-order valence-electron chi connectivity index (χ1n) is 10.6. The first-order chi connectivity index (χ1) is 14.8. The second-order valence-corrected chi connectivity index (χ2v) is 7.28. The minimum absolute atomic E-state index is 0.0408. The Bertz CT molecular complexity index is 1130. The number of halogens is 1. The number of rotatable bonds is 8. The first kappa shape index (κ1) is 23.9. The summed E-state index contributed by atoms with van der Waals surface area (Å²) in [7, 11) is 0. The van der Waals surface area contributed by atoms with E-state index < -0.39 is 0 Å². The van der Waals surface area contributed by atoms with Crippen LogP contribution in [0.1, 0.15) is 31.9 Å². The lowest BCUT2D eigenvalue weighted by Gasteiger charge is -2.14. The van der Waals surface area contributed by atoms with Crippen LogP contribution in [0.5, 0.6) is 0 Å². The molecule has 3 aromatic rings. The molecule has 3 rings (SSSR count). The molecule has 1 aromatic heterocycles. The smallest absolute Gasteiger partial charge is 0.258 e. The van der Waals surface area contributed by atoms with Crippen molar-refractivity contribution in [1.82, 2.24) is 9.88 Å². The molecule has 0 aliphatic rings. The number of aryl methyl sites for hydroxylation is 1. The second-order valence-electron chi connectivity index (χ2n) is 7.28. The van der Waals surface area contributed by atoms with Gasteiger partial charge in [0.15, 0.2) is 0 Å². The summed E-state index contributed by atoms with van der Waals surface area (Å²) in [5.41, 5.74) is 3.84. The van der Waals surface area contributed by atoms with Crippen molar-refractivity contribution in [3.8, 4) is 0 Å². The molecule has 4 nitrogen and oxygen atoms in total. The summed E-state index contributed by atoms with van der Waals surface area (Å²) >= 11 is 0. The average Bonchev–Trinajstić information content (AvgIpc) is 2.74. The maximum absolute atomic E-state index is 13.8. The van der Waals surface area contributed by atoms with Gasteiger partial charge in [-0.05, 0) is 49.2 Å². The van der Waals surface area contributed by atoms with Crippen LogP contribution >= 0.6 is 0 Å². The van der Waals surface area contributed by atoms with Gasteiger partial charge in [-0.3, -0.25) is 4.79 Å². The van der Waals surface area contributed by atoms with Crippen molar-refractivity contribution in [3.63, 3.8) is 0 Å². The number of hydrogen-bond donors (Lipinski definition) is 2. The summed E-state index contributed by atoms with van der Waals surface area (Å²) < 4.78 is 15.5. The van der Waals surface area contributed by atoms with E-state index in [2.05, 4.69) is 23.8 Å². The van der Waals surface area contributed by atoms with E-state index >= 15 is 0 Å². The van der Waals surface area contributed by atoms with Crippen molar-refractivity contribution in [2.75, 3.05) is 11.9 Å². The maximum atomic E-state index is 13.8. The predicted octanol–water partition coefficient (Wildman–Crippen LogP) is 5.77. The van der Waals surface area contributed by atoms with Crippen molar-refractivity contribution >= 4 is 16.5 Å². The van der Waals surface area contributed by atoms with Gasteiger partial charge in [-0.15, -0.1) is 0 Å². The third kappa shape index (κ3) is 6.32. The summed E-state index contributed by atoms with van der Waals surface area (Å²) in [6.07, 6.45) is 2.30. The van der Waals surface area contributed by atoms with Crippen LogP contribution in [0.3, 0.4) is 0 Å². The van der Waals surface area contributed by atoms with E-state index in [1.54, 1.807) is 23.8 Å². The molecule has 31 heavy (non-hydrogen) atoms. The van der Waals surface area contributed by atoms with E-state index in [4.69, 9.17) is 0 Å². The quantitative estimate of drug-likeness (QED) is 0.486. The fourth-order valence-electron chi connectivity index (χ4n) is 3.22. The minimum Gasteiger partial charge on any atom is -0.387 e. The Morgan fingerprint density at radius 3 is 2.52 bits per heavy atom. The molecule has 0 unspecified atom stereocenters. The third-order valence-electron chi connectivity index (χ3n) is 4.76. The van der Waals surface area contributed by atoms with Crippen LogP contribution in [0.25, 0.3) is 10.8 Å². The zero-order valence-corrected chi connectivity index (χ0v) is 18.9. The van der Waals surface area contributed by atoms with E-state index in [0.29, 0.717) is 30.5 Å². The largest absolute Gasteiger partial charge is 0.387 e. The number of pyridine rings is 1. The van der Waals surface area contributed by atoms with Crippen LogP contribution in [-0.2, 0) is 13.0 Å². The molecule has 0 saturated heterocycles. The number of fused-ring (bicyclic) bond motifs is 1. The van der Waals surface area contributed by atoms with E-state index in [1.165, 1.54) is 6.07 Å². The Morgan fingerprint density at radius 2 is 1.84 bits per heavy atom. The topological polar surface area (TPSA) is 46.1 Å². The van der Waals surface area contributed by atoms with E-state index in [-0.39, 0.29) is 11.4 Å². The molecule has 0 radical (unpaired) electrons. The molecule has 0 fully saturated rings. The van der Waals surface area contributed by atoms with Crippen LogP contribution in [0, 0.1) is 12.7 Å². The lowest BCUT2D eigenvalue weighted by atomic mass is 10.1. The summed E-state index contributed by atoms with van der Waals surface area (Å²) in [6.45, 7) is 16.7.